The van der Waals surface area contributed by atoms with Crippen LogP contribution < -0.4 is 5.32 Å². The van der Waals surface area contributed by atoms with Gasteiger partial charge in [-0.1, -0.05) is 38.1 Å². The van der Waals surface area contributed by atoms with E-state index in [0.29, 0.717) is 43.9 Å². The van der Waals surface area contributed by atoms with Crippen LogP contribution in [0.1, 0.15) is 68.2 Å². The molecule has 9 nitrogen and oxygen atoms in total. The number of esters is 1. The maximum Gasteiger partial charge on any atom is 0.323 e. The Morgan fingerprint density at radius 3 is 2.05 bits per heavy atom. The van der Waals surface area contributed by atoms with E-state index >= 15 is 0 Å². The summed E-state index contributed by atoms with van der Waals surface area (Å²) in [5, 5.41) is 5.01. The summed E-state index contributed by atoms with van der Waals surface area (Å²) in [5.74, 6) is -1.18. The smallest absolute Gasteiger partial charge is 0.323 e. The molecule has 0 unspecified atom stereocenters. The Morgan fingerprint density at radius 1 is 0.974 bits per heavy atom. The zero-order chi connectivity index (χ0) is 28.3. The van der Waals surface area contributed by atoms with Crippen LogP contribution in [0.25, 0.3) is 10.8 Å². The van der Waals surface area contributed by atoms with E-state index < -0.39 is 23.7 Å². The molecule has 2 aliphatic heterocycles. The molecule has 2 aromatic rings. The van der Waals surface area contributed by atoms with Crippen molar-refractivity contribution in [1.82, 2.24) is 15.1 Å². The molecule has 2 aromatic carbocycles. The van der Waals surface area contributed by atoms with Crippen LogP contribution in [-0.2, 0) is 19.1 Å². The lowest BCUT2D eigenvalue weighted by Crippen LogP contribution is -2.56. The van der Waals surface area contributed by atoms with Crippen molar-refractivity contribution in [3.05, 3.63) is 47.5 Å². The molecule has 2 atom stereocenters. The van der Waals surface area contributed by atoms with Gasteiger partial charge in [0.15, 0.2) is 0 Å². The summed E-state index contributed by atoms with van der Waals surface area (Å²) < 4.78 is 11.1. The van der Waals surface area contributed by atoms with Crippen LogP contribution in [0.4, 0.5) is 0 Å². The molecule has 1 N–H and O–H groups in total. The second-order valence-corrected chi connectivity index (χ2v) is 11.7. The van der Waals surface area contributed by atoms with E-state index in [1.165, 1.54) is 4.90 Å². The van der Waals surface area contributed by atoms with E-state index in [-0.39, 0.29) is 36.6 Å². The van der Waals surface area contributed by atoms with Gasteiger partial charge in [-0.2, -0.15) is 0 Å². The number of morpholine rings is 1. The van der Waals surface area contributed by atoms with Crippen molar-refractivity contribution < 1.29 is 28.7 Å². The molecule has 0 saturated carbocycles. The number of carbonyl (C=O) groups is 4. The predicted molar refractivity (Wildman–Crippen MR) is 147 cm³/mol. The first-order chi connectivity index (χ1) is 18.4. The highest BCUT2D eigenvalue weighted by Gasteiger charge is 2.38. The van der Waals surface area contributed by atoms with Gasteiger partial charge in [-0.3, -0.25) is 29.4 Å². The Bertz CT molecular complexity index is 1190. The van der Waals surface area contributed by atoms with Gasteiger partial charge < -0.3 is 14.4 Å². The summed E-state index contributed by atoms with van der Waals surface area (Å²) in [5.41, 5.74) is -0.0182. The number of ether oxygens (including phenoxy) is 2. The van der Waals surface area contributed by atoms with Crippen LogP contribution in [0.3, 0.4) is 0 Å². The molecule has 3 amide bonds. The molecule has 0 aliphatic carbocycles. The fourth-order valence-corrected chi connectivity index (χ4v) is 5.04. The molecule has 9 heteroatoms. The van der Waals surface area contributed by atoms with Crippen LogP contribution >= 0.6 is 0 Å². The first-order valence-corrected chi connectivity index (χ1v) is 13.7. The Hall–Kier alpha value is -3.30. The topological polar surface area (TPSA) is 105 Å². The zero-order valence-corrected chi connectivity index (χ0v) is 23.5. The van der Waals surface area contributed by atoms with E-state index in [1.54, 1.807) is 37.8 Å². The molecule has 1 fully saturated rings. The molecule has 0 radical (unpaired) electrons. The lowest BCUT2D eigenvalue weighted by Gasteiger charge is -2.34. The quantitative estimate of drug-likeness (QED) is 0.386. The highest BCUT2D eigenvalue weighted by Crippen LogP contribution is 2.28. The number of rotatable bonds is 9. The zero-order valence-electron chi connectivity index (χ0n) is 23.5. The lowest BCUT2D eigenvalue weighted by atomic mass is 10.0. The monoisotopic (exact) mass is 537 g/mol. The average Bonchev–Trinajstić information content (AvgIpc) is 3.11. The second kappa shape index (κ2) is 11.8. The molecule has 39 heavy (non-hydrogen) atoms. The van der Waals surface area contributed by atoms with Crippen LogP contribution in [0.2, 0.25) is 0 Å². The average molecular weight is 538 g/mol. The van der Waals surface area contributed by atoms with Crippen molar-refractivity contribution in [3.8, 4) is 0 Å². The number of fused-ring (bicyclic) bond motifs is 2. The Kier molecular flexibility index (Phi) is 8.71. The summed E-state index contributed by atoms with van der Waals surface area (Å²) in [6.07, 6.45) is 0.639. The molecule has 1 saturated heterocycles. The van der Waals surface area contributed by atoms with E-state index in [9.17, 15) is 19.2 Å². The Balaban J connectivity index is 1.54. The summed E-state index contributed by atoms with van der Waals surface area (Å²) in [6, 6.07) is 9.56. The molecule has 2 heterocycles. The minimum absolute atomic E-state index is 0.0136. The minimum Gasteiger partial charge on any atom is -0.459 e. The van der Waals surface area contributed by atoms with Gasteiger partial charge in [0.05, 0.1) is 30.4 Å². The van der Waals surface area contributed by atoms with Crippen LogP contribution in [0.15, 0.2) is 36.4 Å². The lowest BCUT2D eigenvalue weighted by molar-refractivity contribution is -0.158. The summed E-state index contributed by atoms with van der Waals surface area (Å²) in [4.78, 5) is 56.2. The van der Waals surface area contributed by atoms with Crippen molar-refractivity contribution in [2.24, 2.45) is 5.92 Å². The normalized spacial score (nSPS) is 17.5. The van der Waals surface area contributed by atoms with Crippen molar-refractivity contribution in [2.45, 2.75) is 65.1 Å². The molecule has 0 aromatic heterocycles. The van der Waals surface area contributed by atoms with Gasteiger partial charge in [-0.25, -0.2) is 0 Å². The number of hydrogen-bond donors (Lipinski definition) is 1. The van der Waals surface area contributed by atoms with E-state index in [4.69, 9.17) is 9.47 Å². The van der Waals surface area contributed by atoms with E-state index in [2.05, 4.69) is 5.32 Å². The number of nitrogens with one attached hydrogen (secondary N) is 1. The first-order valence-electron chi connectivity index (χ1n) is 13.7. The minimum atomic E-state index is -0.888. The molecule has 2 aliphatic rings. The van der Waals surface area contributed by atoms with Gasteiger partial charge in [0.2, 0.25) is 5.91 Å². The molecule has 4 rings (SSSR count). The number of amides is 3. The van der Waals surface area contributed by atoms with Gasteiger partial charge in [0, 0.05) is 19.6 Å². The van der Waals surface area contributed by atoms with Crippen molar-refractivity contribution in [3.63, 3.8) is 0 Å². The molecular weight excluding hydrogens is 498 g/mol. The summed E-state index contributed by atoms with van der Waals surface area (Å²) >= 11 is 0. The molecule has 0 spiro atoms. The SMILES string of the molecule is CC(C)C[C@H](N[C@H](CCN1C(=O)c2cc3ccccc3cc2C1=O)C(=O)OC(C)(C)C)C(=O)N1CCOCC1. The first kappa shape index (κ1) is 28.7. The largest absolute Gasteiger partial charge is 0.459 e. The van der Waals surface area contributed by atoms with E-state index in [1.807, 2.05) is 38.1 Å². The molecule has 0 bridgehead atoms. The third kappa shape index (κ3) is 6.83. The third-order valence-electron chi connectivity index (χ3n) is 6.90. The Morgan fingerprint density at radius 2 is 1.54 bits per heavy atom. The van der Waals surface area contributed by atoms with Gasteiger partial charge in [-0.05, 0) is 62.4 Å². The van der Waals surface area contributed by atoms with Crippen molar-refractivity contribution in [1.29, 1.82) is 0 Å². The van der Waals surface area contributed by atoms with Gasteiger partial charge in [0.1, 0.15) is 11.6 Å². The third-order valence-corrected chi connectivity index (χ3v) is 6.90. The van der Waals surface area contributed by atoms with Gasteiger partial charge in [-0.15, -0.1) is 0 Å². The standard InChI is InChI=1S/C30H39N3O6/c1-19(2)16-25(28(36)32-12-14-38-15-13-32)31-24(29(37)39-30(3,4)5)10-11-33-26(34)22-17-20-8-6-7-9-21(20)18-23(22)27(33)35/h6-9,17-19,24-25,31H,10-16H2,1-5H3/t24-,25+/m1/s1. The van der Waals surface area contributed by atoms with Crippen LogP contribution in [0.5, 0.6) is 0 Å². The maximum atomic E-state index is 13.4. The maximum absolute atomic E-state index is 13.4. The van der Waals surface area contributed by atoms with Gasteiger partial charge >= 0.3 is 5.97 Å². The summed E-state index contributed by atoms with van der Waals surface area (Å²) in [7, 11) is 0. The fourth-order valence-electron chi connectivity index (χ4n) is 5.04. The highest BCUT2D eigenvalue weighted by molar-refractivity contribution is 6.23. The molecule has 210 valence electrons. The number of benzene rings is 2. The van der Waals surface area contributed by atoms with Crippen molar-refractivity contribution in [2.75, 3.05) is 32.8 Å². The summed E-state index contributed by atoms with van der Waals surface area (Å²) in [6.45, 7) is 11.3. The second-order valence-electron chi connectivity index (χ2n) is 11.7. The van der Waals surface area contributed by atoms with Crippen LogP contribution in [-0.4, -0.2) is 84.0 Å². The van der Waals surface area contributed by atoms with Gasteiger partial charge in [0.25, 0.3) is 11.8 Å². The van der Waals surface area contributed by atoms with E-state index in [0.717, 1.165) is 10.8 Å². The Labute approximate surface area is 229 Å². The van der Waals surface area contributed by atoms with Crippen molar-refractivity contribution >= 4 is 34.5 Å². The number of hydrogen-bond acceptors (Lipinski definition) is 7. The number of imide groups is 1. The fraction of sp³-hybridized carbons (Fsp3) is 0.533. The number of carbonyl (C=O) groups excluding carboxylic acids is 4. The molecular formula is C30H39N3O6. The predicted octanol–water partition coefficient (Wildman–Crippen LogP) is 3.40. The number of nitrogens with zero attached hydrogens (tertiary/aromatic N) is 2. The highest BCUT2D eigenvalue weighted by atomic mass is 16.6. The van der Waals surface area contributed by atoms with Crippen LogP contribution in [0, 0.1) is 5.92 Å².